The Morgan fingerprint density at radius 1 is 0.923 bits per heavy atom. The number of aromatic nitrogens is 1. The van der Waals surface area contributed by atoms with Crippen LogP contribution >= 0.6 is 0 Å². The molecule has 1 atom stereocenters. The summed E-state index contributed by atoms with van der Waals surface area (Å²) in [7, 11) is 2.19. The molecule has 0 amide bonds. The van der Waals surface area contributed by atoms with Gasteiger partial charge in [0.25, 0.3) is 0 Å². The predicted molar refractivity (Wildman–Crippen MR) is 107 cm³/mol. The summed E-state index contributed by atoms with van der Waals surface area (Å²) < 4.78 is 0. The van der Waals surface area contributed by atoms with Gasteiger partial charge in [0.2, 0.25) is 0 Å². The lowest BCUT2D eigenvalue weighted by Crippen LogP contribution is -2.44. The highest BCUT2D eigenvalue weighted by Gasteiger charge is 2.24. The molecule has 0 saturated carbocycles. The van der Waals surface area contributed by atoms with Gasteiger partial charge in [0.1, 0.15) is 5.82 Å². The summed E-state index contributed by atoms with van der Waals surface area (Å²) in [5.74, 6) is 1.13. The van der Waals surface area contributed by atoms with E-state index in [-0.39, 0.29) is 0 Å². The first kappa shape index (κ1) is 17.5. The second kappa shape index (κ2) is 8.19. The van der Waals surface area contributed by atoms with Crippen LogP contribution in [0.25, 0.3) is 0 Å². The number of piperazine rings is 1. The van der Waals surface area contributed by atoms with Crippen LogP contribution in [0.3, 0.4) is 0 Å². The van der Waals surface area contributed by atoms with Crippen molar-refractivity contribution in [2.24, 2.45) is 0 Å². The van der Waals surface area contributed by atoms with Crippen LogP contribution in [-0.2, 0) is 6.54 Å². The van der Waals surface area contributed by atoms with Gasteiger partial charge >= 0.3 is 0 Å². The molecule has 4 heteroatoms. The van der Waals surface area contributed by atoms with Crippen LogP contribution in [0.4, 0.5) is 5.82 Å². The molecular weight excluding hydrogens is 320 g/mol. The molecule has 2 saturated heterocycles. The quantitative estimate of drug-likeness (QED) is 0.841. The first-order valence-electron chi connectivity index (χ1n) is 9.97. The lowest BCUT2D eigenvalue weighted by Gasteiger charge is -2.36. The molecule has 0 radical (unpaired) electrons. The van der Waals surface area contributed by atoms with E-state index in [0.29, 0.717) is 6.04 Å². The molecule has 138 valence electrons. The van der Waals surface area contributed by atoms with Crippen molar-refractivity contribution in [3.63, 3.8) is 0 Å². The van der Waals surface area contributed by atoms with Gasteiger partial charge < -0.3 is 9.80 Å². The first-order valence-corrected chi connectivity index (χ1v) is 9.97. The third kappa shape index (κ3) is 4.08. The zero-order valence-corrected chi connectivity index (χ0v) is 15.8. The van der Waals surface area contributed by atoms with Crippen molar-refractivity contribution in [3.8, 4) is 0 Å². The van der Waals surface area contributed by atoms with Crippen LogP contribution in [0, 0.1) is 0 Å². The third-order valence-corrected chi connectivity index (χ3v) is 5.82. The number of likely N-dealkylation sites (tertiary alicyclic amines) is 1. The van der Waals surface area contributed by atoms with Crippen molar-refractivity contribution in [1.29, 1.82) is 0 Å². The minimum absolute atomic E-state index is 0.498. The zero-order valence-electron chi connectivity index (χ0n) is 15.8. The van der Waals surface area contributed by atoms with Crippen molar-refractivity contribution >= 4 is 5.82 Å². The maximum Gasteiger partial charge on any atom is 0.128 e. The Morgan fingerprint density at radius 2 is 1.73 bits per heavy atom. The molecule has 1 aromatic carbocycles. The number of hydrogen-bond acceptors (Lipinski definition) is 4. The van der Waals surface area contributed by atoms with E-state index in [4.69, 9.17) is 4.98 Å². The number of piperidine rings is 1. The third-order valence-electron chi connectivity index (χ3n) is 5.82. The van der Waals surface area contributed by atoms with E-state index in [2.05, 4.69) is 70.4 Å². The van der Waals surface area contributed by atoms with E-state index in [0.717, 1.165) is 38.5 Å². The predicted octanol–water partition coefficient (Wildman–Crippen LogP) is 3.56. The minimum Gasteiger partial charge on any atom is -0.354 e. The van der Waals surface area contributed by atoms with Crippen LogP contribution in [0.1, 0.15) is 36.4 Å². The highest BCUT2D eigenvalue weighted by Crippen LogP contribution is 2.32. The zero-order chi connectivity index (χ0) is 17.8. The van der Waals surface area contributed by atoms with Gasteiger partial charge in [-0.1, -0.05) is 42.8 Å². The summed E-state index contributed by atoms with van der Waals surface area (Å²) in [6.07, 6.45) is 5.98. The fourth-order valence-corrected chi connectivity index (χ4v) is 4.19. The van der Waals surface area contributed by atoms with Gasteiger partial charge in [0.05, 0.1) is 0 Å². The molecule has 2 fully saturated rings. The van der Waals surface area contributed by atoms with Crippen molar-refractivity contribution in [2.75, 3.05) is 44.7 Å². The molecule has 2 aliphatic heterocycles. The summed E-state index contributed by atoms with van der Waals surface area (Å²) in [5.41, 5.74) is 2.78. The largest absolute Gasteiger partial charge is 0.354 e. The van der Waals surface area contributed by atoms with E-state index < -0.39 is 0 Å². The summed E-state index contributed by atoms with van der Waals surface area (Å²) >= 11 is 0. The number of pyridine rings is 1. The lowest BCUT2D eigenvalue weighted by molar-refractivity contribution is 0.140. The van der Waals surface area contributed by atoms with Crippen LogP contribution in [0.15, 0.2) is 48.7 Å². The molecule has 3 heterocycles. The number of nitrogens with zero attached hydrogens (tertiary/aromatic N) is 4. The smallest absolute Gasteiger partial charge is 0.128 e. The number of anilines is 1. The van der Waals surface area contributed by atoms with Crippen molar-refractivity contribution in [1.82, 2.24) is 14.8 Å². The normalized spacial score (nSPS) is 22.5. The van der Waals surface area contributed by atoms with Crippen LogP contribution in [-0.4, -0.2) is 54.6 Å². The fraction of sp³-hybridized carbons (Fsp3) is 0.500. The van der Waals surface area contributed by atoms with Gasteiger partial charge in [-0.2, -0.15) is 0 Å². The van der Waals surface area contributed by atoms with E-state index >= 15 is 0 Å². The standard InChI is InChI=1S/C22H30N4/c1-24-13-15-25(16-14-24)22-11-10-20(17-23-22)21-9-5-6-12-26(21)18-19-7-3-2-4-8-19/h2-4,7-8,10-11,17,21H,5-6,9,12-16,18H2,1H3/t21-/m1/s1. The number of hydrogen-bond donors (Lipinski definition) is 0. The minimum atomic E-state index is 0.498. The molecule has 0 unspecified atom stereocenters. The molecular formula is C22H30N4. The molecule has 2 aromatic rings. The van der Waals surface area contributed by atoms with Gasteiger partial charge in [0.15, 0.2) is 0 Å². The van der Waals surface area contributed by atoms with Crippen LogP contribution in [0.2, 0.25) is 0 Å². The molecule has 0 spiro atoms. The van der Waals surface area contributed by atoms with Gasteiger partial charge in [-0.15, -0.1) is 0 Å². The maximum atomic E-state index is 4.82. The first-order chi connectivity index (χ1) is 12.8. The van der Waals surface area contributed by atoms with Crippen LogP contribution in [0.5, 0.6) is 0 Å². The Labute approximate surface area is 157 Å². The SMILES string of the molecule is CN1CCN(c2ccc([C@H]3CCCCN3Cc3ccccc3)cn2)CC1. The van der Waals surface area contributed by atoms with E-state index in [9.17, 15) is 0 Å². The van der Waals surface area contributed by atoms with Gasteiger partial charge in [-0.05, 0) is 43.6 Å². The van der Waals surface area contributed by atoms with Gasteiger partial charge in [0, 0.05) is 45.0 Å². The summed E-state index contributed by atoms with van der Waals surface area (Å²) in [6, 6.07) is 15.9. The maximum absolute atomic E-state index is 4.82. The summed E-state index contributed by atoms with van der Waals surface area (Å²) in [5, 5.41) is 0. The molecule has 0 bridgehead atoms. The molecule has 4 nitrogen and oxygen atoms in total. The Morgan fingerprint density at radius 3 is 2.46 bits per heavy atom. The average molecular weight is 351 g/mol. The second-order valence-electron chi connectivity index (χ2n) is 7.71. The number of rotatable bonds is 4. The highest BCUT2D eigenvalue weighted by atomic mass is 15.3. The molecule has 2 aliphatic rings. The molecule has 4 rings (SSSR count). The number of benzene rings is 1. The van der Waals surface area contributed by atoms with Crippen molar-refractivity contribution < 1.29 is 0 Å². The van der Waals surface area contributed by atoms with Crippen LogP contribution < -0.4 is 4.90 Å². The Hall–Kier alpha value is -1.91. The Bertz CT molecular complexity index is 677. The number of likely N-dealkylation sites (N-methyl/N-ethyl adjacent to an activating group) is 1. The van der Waals surface area contributed by atoms with E-state index in [1.54, 1.807) is 0 Å². The average Bonchev–Trinajstić information content (AvgIpc) is 2.70. The Kier molecular flexibility index (Phi) is 5.51. The topological polar surface area (TPSA) is 22.6 Å². The second-order valence-corrected chi connectivity index (χ2v) is 7.71. The molecule has 26 heavy (non-hydrogen) atoms. The van der Waals surface area contributed by atoms with Crippen molar-refractivity contribution in [3.05, 3.63) is 59.8 Å². The molecule has 0 aliphatic carbocycles. The van der Waals surface area contributed by atoms with Gasteiger partial charge in [-0.25, -0.2) is 4.98 Å². The molecule has 0 N–H and O–H groups in total. The Balaban J connectivity index is 1.46. The molecule has 1 aromatic heterocycles. The van der Waals surface area contributed by atoms with E-state index in [1.165, 1.54) is 36.9 Å². The highest BCUT2D eigenvalue weighted by molar-refractivity contribution is 5.40. The lowest BCUT2D eigenvalue weighted by atomic mass is 9.95. The van der Waals surface area contributed by atoms with Gasteiger partial charge in [-0.3, -0.25) is 4.90 Å². The fourth-order valence-electron chi connectivity index (χ4n) is 4.19. The van der Waals surface area contributed by atoms with Crippen molar-refractivity contribution in [2.45, 2.75) is 31.8 Å². The summed E-state index contributed by atoms with van der Waals surface area (Å²) in [6.45, 7) is 6.61. The van der Waals surface area contributed by atoms with E-state index in [1.807, 2.05) is 0 Å². The monoisotopic (exact) mass is 350 g/mol. The summed E-state index contributed by atoms with van der Waals surface area (Å²) in [4.78, 5) is 12.2.